The van der Waals surface area contributed by atoms with E-state index in [1.165, 1.54) is 6.42 Å². The molecule has 2 aliphatic rings. The van der Waals surface area contributed by atoms with Crippen molar-refractivity contribution in [2.75, 3.05) is 14.2 Å². The van der Waals surface area contributed by atoms with Gasteiger partial charge in [-0.1, -0.05) is 6.07 Å². The number of methoxy groups -OCH3 is 2. The number of benzene rings is 1. The van der Waals surface area contributed by atoms with Crippen LogP contribution in [-0.4, -0.2) is 43.2 Å². The van der Waals surface area contributed by atoms with Crippen molar-refractivity contribution in [2.24, 2.45) is 5.73 Å². The predicted octanol–water partition coefficient (Wildman–Crippen LogP) is 2.58. The first-order valence-corrected chi connectivity index (χ1v) is 8.46. The van der Waals surface area contributed by atoms with E-state index in [-0.39, 0.29) is 18.0 Å². The van der Waals surface area contributed by atoms with E-state index in [9.17, 15) is 4.79 Å². The molecule has 3 rings (SSSR count). The molecule has 2 atom stereocenters. The number of nitrogens with zero attached hydrogens (tertiary/aromatic N) is 1. The summed E-state index contributed by atoms with van der Waals surface area (Å²) in [5.41, 5.74) is 6.81. The molecule has 0 unspecified atom stereocenters. The summed E-state index contributed by atoms with van der Waals surface area (Å²) in [7, 11) is 3.17. The molecule has 2 saturated carbocycles. The predicted molar refractivity (Wildman–Crippen MR) is 89.0 cm³/mol. The number of ether oxygens (including phenoxy) is 2. The van der Waals surface area contributed by atoms with E-state index in [0.717, 1.165) is 32.1 Å². The van der Waals surface area contributed by atoms with Crippen molar-refractivity contribution >= 4 is 5.91 Å². The van der Waals surface area contributed by atoms with Crippen LogP contribution in [0.3, 0.4) is 0 Å². The highest BCUT2D eigenvalue weighted by Crippen LogP contribution is 2.37. The smallest absolute Gasteiger partial charge is 0.261 e. The fraction of sp³-hybridized carbons (Fsp3) is 0.611. The van der Waals surface area contributed by atoms with Crippen molar-refractivity contribution in [1.29, 1.82) is 0 Å². The fourth-order valence-corrected chi connectivity index (χ4v) is 3.76. The van der Waals surface area contributed by atoms with Gasteiger partial charge in [0.1, 0.15) is 17.1 Å². The molecule has 0 saturated heterocycles. The van der Waals surface area contributed by atoms with E-state index in [2.05, 4.69) is 0 Å². The maximum Gasteiger partial charge on any atom is 0.261 e. The van der Waals surface area contributed by atoms with Gasteiger partial charge in [-0.05, 0) is 50.7 Å². The molecule has 1 aromatic carbocycles. The fourth-order valence-electron chi connectivity index (χ4n) is 3.76. The molecule has 2 aliphatic carbocycles. The van der Waals surface area contributed by atoms with Gasteiger partial charge in [0, 0.05) is 18.1 Å². The van der Waals surface area contributed by atoms with Gasteiger partial charge >= 0.3 is 0 Å². The van der Waals surface area contributed by atoms with Crippen LogP contribution in [0.5, 0.6) is 11.5 Å². The molecule has 0 spiro atoms. The molecular weight excluding hydrogens is 292 g/mol. The Kier molecular flexibility index (Phi) is 4.76. The van der Waals surface area contributed by atoms with Crippen LogP contribution in [0.15, 0.2) is 18.2 Å². The highest BCUT2D eigenvalue weighted by molar-refractivity contribution is 6.00. The van der Waals surface area contributed by atoms with Gasteiger partial charge in [-0.2, -0.15) is 0 Å². The molecule has 1 aromatic rings. The zero-order valence-electron chi connectivity index (χ0n) is 14.0. The Hall–Kier alpha value is -1.75. The summed E-state index contributed by atoms with van der Waals surface area (Å²) in [5.74, 6) is 1.11. The van der Waals surface area contributed by atoms with Gasteiger partial charge in [-0.25, -0.2) is 0 Å². The summed E-state index contributed by atoms with van der Waals surface area (Å²) in [5, 5.41) is 0. The second-order valence-corrected chi connectivity index (χ2v) is 6.50. The molecule has 2 fully saturated rings. The molecule has 0 bridgehead atoms. The second-order valence-electron chi connectivity index (χ2n) is 6.50. The number of hydrogen-bond acceptors (Lipinski definition) is 4. The highest BCUT2D eigenvalue weighted by Gasteiger charge is 2.40. The van der Waals surface area contributed by atoms with Crippen molar-refractivity contribution in [3.8, 4) is 11.5 Å². The van der Waals surface area contributed by atoms with Crippen LogP contribution in [0.25, 0.3) is 0 Å². The van der Waals surface area contributed by atoms with E-state index >= 15 is 0 Å². The topological polar surface area (TPSA) is 64.8 Å². The van der Waals surface area contributed by atoms with Gasteiger partial charge in [-0.15, -0.1) is 0 Å². The van der Waals surface area contributed by atoms with E-state index < -0.39 is 0 Å². The second kappa shape index (κ2) is 6.79. The summed E-state index contributed by atoms with van der Waals surface area (Å²) in [6.07, 6.45) is 6.37. The van der Waals surface area contributed by atoms with Gasteiger partial charge in [0.25, 0.3) is 5.91 Å². The molecule has 126 valence electrons. The van der Waals surface area contributed by atoms with E-state index in [0.29, 0.717) is 23.1 Å². The Morgan fingerprint density at radius 1 is 1.09 bits per heavy atom. The average Bonchev–Trinajstić information content (AvgIpc) is 2.94. The zero-order valence-corrected chi connectivity index (χ0v) is 14.0. The number of rotatable bonds is 5. The Balaban J connectivity index is 1.98. The van der Waals surface area contributed by atoms with Crippen molar-refractivity contribution < 1.29 is 14.3 Å². The molecule has 0 aliphatic heterocycles. The summed E-state index contributed by atoms with van der Waals surface area (Å²) >= 11 is 0. The summed E-state index contributed by atoms with van der Waals surface area (Å²) in [6.45, 7) is 0. The third kappa shape index (κ3) is 2.90. The third-order valence-corrected chi connectivity index (χ3v) is 5.23. The Morgan fingerprint density at radius 3 is 2.13 bits per heavy atom. The lowest BCUT2D eigenvalue weighted by atomic mass is 9.88. The molecule has 0 radical (unpaired) electrons. The minimum Gasteiger partial charge on any atom is -0.496 e. The van der Waals surface area contributed by atoms with Crippen LogP contribution in [0, 0.1) is 0 Å². The normalized spacial score (nSPS) is 24.1. The maximum atomic E-state index is 13.4. The first-order chi connectivity index (χ1) is 11.2. The zero-order chi connectivity index (χ0) is 16.4. The van der Waals surface area contributed by atoms with E-state index in [1.807, 2.05) is 23.1 Å². The van der Waals surface area contributed by atoms with Gasteiger partial charge in [0.2, 0.25) is 0 Å². The van der Waals surface area contributed by atoms with Gasteiger partial charge in [0.05, 0.1) is 14.2 Å². The number of carbonyl (C=O) groups excluding carboxylic acids is 1. The number of hydrogen-bond donors (Lipinski definition) is 1. The molecule has 2 N–H and O–H groups in total. The van der Waals surface area contributed by atoms with Crippen molar-refractivity contribution in [1.82, 2.24) is 4.90 Å². The van der Waals surface area contributed by atoms with Crippen molar-refractivity contribution in [3.63, 3.8) is 0 Å². The van der Waals surface area contributed by atoms with Crippen LogP contribution >= 0.6 is 0 Å². The van der Waals surface area contributed by atoms with Crippen LogP contribution in [0.1, 0.15) is 48.9 Å². The van der Waals surface area contributed by atoms with Crippen molar-refractivity contribution in [3.05, 3.63) is 23.8 Å². The molecule has 1 amide bonds. The molecule has 5 heteroatoms. The van der Waals surface area contributed by atoms with Crippen LogP contribution in [0.2, 0.25) is 0 Å². The lowest BCUT2D eigenvalue weighted by Gasteiger charge is -2.43. The van der Waals surface area contributed by atoms with Gasteiger partial charge in [-0.3, -0.25) is 4.79 Å². The summed E-state index contributed by atoms with van der Waals surface area (Å²) in [6, 6.07) is 5.95. The summed E-state index contributed by atoms with van der Waals surface area (Å²) in [4.78, 5) is 15.4. The quantitative estimate of drug-likeness (QED) is 0.906. The largest absolute Gasteiger partial charge is 0.496 e. The number of nitrogens with two attached hydrogens (primary N) is 1. The van der Waals surface area contributed by atoms with Gasteiger partial charge < -0.3 is 20.1 Å². The maximum absolute atomic E-state index is 13.4. The molecule has 0 heterocycles. The highest BCUT2D eigenvalue weighted by atomic mass is 16.5. The van der Waals surface area contributed by atoms with Crippen LogP contribution in [-0.2, 0) is 0 Å². The standard InChI is InChI=1S/C18H26N2O3/c1-22-15-10-5-11-16(23-2)17(15)18(21)20(12-6-3-7-12)14-9-4-8-13(14)19/h5,10-14H,3-4,6-9,19H2,1-2H3/t13-,14-/m0/s1. The SMILES string of the molecule is COc1cccc(OC)c1C(=O)N(C1CCC1)[C@H]1CCC[C@@H]1N. The minimum atomic E-state index is -0.00801. The molecule has 23 heavy (non-hydrogen) atoms. The monoisotopic (exact) mass is 318 g/mol. The minimum absolute atomic E-state index is 0.00801. The number of carbonyl (C=O) groups is 1. The van der Waals surface area contributed by atoms with E-state index in [4.69, 9.17) is 15.2 Å². The van der Waals surface area contributed by atoms with Gasteiger partial charge in [0.15, 0.2) is 0 Å². The Bertz CT molecular complexity index is 549. The molecular formula is C18H26N2O3. The number of amides is 1. The summed E-state index contributed by atoms with van der Waals surface area (Å²) < 4.78 is 10.8. The van der Waals surface area contributed by atoms with Crippen LogP contribution < -0.4 is 15.2 Å². The Labute approximate surface area is 137 Å². The lowest BCUT2D eigenvalue weighted by molar-refractivity contribution is 0.0416. The Morgan fingerprint density at radius 2 is 1.70 bits per heavy atom. The average molecular weight is 318 g/mol. The molecule has 5 nitrogen and oxygen atoms in total. The van der Waals surface area contributed by atoms with Crippen molar-refractivity contribution in [2.45, 2.75) is 56.7 Å². The van der Waals surface area contributed by atoms with E-state index in [1.54, 1.807) is 14.2 Å². The first kappa shape index (κ1) is 16.1. The third-order valence-electron chi connectivity index (χ3n) is 5.23. The van der Waals surface area contributed by atoms with Crippen LogP contribution in [0.4, 0.5) is 0 Å². The lowest BCUT2D eigenvalue weighted by Crippen LogP contribution is -2.54. The molecule has 0 aromatic heterocycles. The first-order valence-electron chi connectivity index (χ1n) is 8.46.